The molecule has 0 bridgehead atoms. The number of fused-ring (bicyclic) bond motifs is 1. The number of nitrogens with two attached hydrogens (primary N) is 1. The van der Waals surface area contributed by atoms with Crippen molar-refractivity contribution in [2.24, 2.45) is 7.05 Å². The normalized spacial score (nSPS) is 11.0. The molecule has 0 aliphatic heterocycles. The van der Waals surface area contributed by atoms with Gasteiger partial charge in [0.25, 0.3) is 0 Å². The first-order chi connectivity index (χ1) is 10.1. The van der Waals surface area contributed by atoms with Gasteiger partial charge in [-0.05, 0) is 13.8 Å². The molecule has 2 heterocycles. The lowest BCUT2D eigenvalue weighted by Crippen LogP contribution is -2.02. The van der Waals surface area contributed by atoms with E-state index in [0.717, 1.165) is 28.0 Å². The smallest absolute Gasteiger partial charge is 0.199 e. The van der Waals surface area contributed by atoms with Gasteiger partial charge in [0.05, 0.1) is 6.61 Å². The molecule has 3 aromatic rings. The Morgan fingerprint density at radius 2 is 1.90 bits per heavy atom. The first kappa shape index (κ1) is 13.4. The van der Waals surface area contributed by atoms with Gasteiger partial charge in [0, 0.05) is 18.2 Å². The number of benzene rings is 1. The summed E-state index contributed by atoms with van der Waals surface area (Å²) in [6.45, 7) is 4.56. The molecule has 2 N–H and O–H groups in total. The van der Waals surface area contributed by atoms with Crippen molar-refractivity contribution < 1.29 is 4.74 Å². The maximum absolute atomic E-state index is 6.15. The summed E-state index contributed by atoms with van der Waals surface area (Å²) in [6.07, 6.45) is 0. The number of ether oxygens (including phenoxy) is 1. The molecule has 0 radical (unpaired) electrons. The van der Waals surface area contributed by atoms with Crippen LogP contribution < -0.4 is 10.5 Å². The van der Waals surface area contributed by atoms with Crippen molar-refractivity contribution in [2.45, 2.75) is 13.8 Å². The highest BCUT2D eigenvalue weighted by Crippen LogP contribution is 2.33. The van der Waals surface area contributed by atoms with Gasteiger partial charge in [-0.2, -0.15) is 0 Å². The Balaban J connectivity index is 2.27. The van der Waals surface area contributed by atoms with Crippen molar-refractivity contribution >= 4 is 16.9 Å². The third-order valence-corrected chi connectivity index (χ3v) is 3.54. The van der Waals surface area contributed by atoms with E-state index < -0.39 is 0 Å². The van der Waals surface area contributed by atoms with Gasteiger partial charge in [0.15, 0.2) is 17.5 Å². The van der Waals surface area contributed by atoms with E-state index in [1.54, 1.807) is 0 Å². The van der Waals surface area contributed by atoms with Crippen molar-refractivity contribution in [3.63, 3.8) is 0 Å². The molecule has 2 aromatic heterocycles. The molecule has 0 saturated carbocycles. The molecule has 0 unspecified atom stereocenters. The maximum atomic E-state index is 6.15. The van der Waals surface area contributed by atoms with Crippen LogP contribution in [-0.4, -0.2) is 21.1 Å². The molecular weight excluding hydrogens is 264 g/mol. The zero-order valence-electron chi connectivity index (χ0n) is 12.4. The minimum Gasteiger partial charge on any atom is -0.479 e. The molecule has 3 rings (SSSR count). The summed E-state index contributed by atoms with van der Waals surface area (Å²) in [5.74, 6) is 1.89. The highest BCUT2D eigenvalue weighted by molar-refractivity contribution is 5.91. The van der Waals surface area contributed by atoms with Crippen LogP contribution in [0.1, 0.15) is 12.5 Å². The summed E-state index contributed by atoms with van der Waals surface area (Å²) >= 11 is 0. The van der Waals surface area contributed by atoms with Crippen molar-refractivity contribution in [1.29, 1.82) is 0 Å². The molecule has 5 nitrogen and oxygen atoms in total. The largest absolute Gasteiger partial charge is 0.479 e. The zero-order valence-corrected chi connectivity index (χ0v) is 12.4. The number of anilines is 1. The molecule has 0 aliphatic rings. The van der Waals surface area contributed by atoms with Gasteiger partial charge in [-0.25, -0.2) is 9.97 Å². The summed E-state index contributed by atoms with van der Waals surface area (Å²) in [6, 6.07) is 9.84. The predicted molar refractivity (Wildman–Crippen MR) is 84.3 cm³/mol. The molecule has 0 amide bonds. The second kappa shape index (κ2) is 5.09. The molecule has 0 aliphatic carbocycles. The number of nitrogens with zero attached hydrogens (tertiary/aromatic N) is 3. The van der Waals surface area contributed by atoms with Crippen LogP contribution in [0.2, 0.25) is 0 Å². The van der Waals surface area contributed by atoms with E-state index in [0.29, 0.717) is 18.2 Å². The molecule has 0 atom stereocenters. The minimum atomic E-state index is 0.468. The van der Waals surface area contributed by atoms with Crippen LogP contribution in [0.3, 0.4) is 0 Å². The third kappa shape index (κ3) is 2.11. The highest BCUT2D eigenvalue weighted by atomic mass is 16.5. The topological polar surface area (TPSA) is 66.0 Å². The molecule has 21 heavy (non-hydrogen) atoms. The van der Waals surface area contributed by atoms with Crippen LogP contribution in [0.4, 0.5) is 5.82 Å². The fraction of sp³-hybridized carbons (Fsp3) is 0.250. The average molecular weight is 282 g/mol. The molecular formula is C16H18N4O. The first-order valence-electron chi connectivity index (χ1n) is 6.94. The van der Waals surface area contributed by atoms with Crippen LogP contribution in [0.5, 0.6) is 5.88 Å². The Kier molecular flexibility index (Phi) is 3.25. The van der Waals surface area contributed by atoms with Crippen molar-refractivity contribution in [1.82, 2.24) is 14.5 Å². The third-order valence-electron chi connectivity index (χ3n) is 3.54. The first-order valence-corrected chi connectivity index (χ1v) is 6.94. The van der Waals surface area contributed by atoms with Crippen LogP contribution in [0, 0.1) is 6.92 Å². The van der Waals surface area contributed by atoms with Gasteiger partial charge >= 0.3 is 0 Å². The molecule has 108 valence electrons. The number of hydrogen-bond acceptors (Lipinski definition) is 4. The fourth-order valence-corrected chi connectivity index (χ4v) is 2.58. The summed E-state index contributed by atoms with van der Waals surface area (Å²) in [5.41, 5.74) is 9.74. The Labute approximate surface area is 123 Å². The second-order valence-electron chi connectivity index (χ2n) is 4.92. The van der Waals surface area contributed by atoms with Gasteiger partial charge in [-0.3, -0.25) is 0 Å². The molecule has 0 saturated heterocycles. The van der Waals surface area contributed by atoms with E-state index in [9.17, 15) is 0 Å². The Hall–Kier alpha value is -2.56. The number of aryl methyl sites for hydroxylation is 2. The molecule has 0 spiro atoms. The van der Waals surface area contributed by atoms with Crippen LogP contribution >= 0.6 is 0 Å². The Morgan fingerprint density at radius 3 is 2.57 bits per heavy atom. The second-order valence-corrected chi connectivity index (χ2v) is 4.92. The van der Waals surface area contributed by atoms with Crippen molar-refractivity contribution in [3.05, 3.63) is 35.9 Å². The highest BCUT2D eigenvalue weighted by Gasteiger charge is 2.18. The van der Waals surface area contributed by atoms with Gasteiger partial charge in [-0.1, -0.05) is 30.3 Å². The lowest BCUT2D eigenvalue weighted by atomic mass is 10.2. The lowest BCUT2D eigenvalue weighted by Gasteiger charge is -2.06. The number of hydrogen-bond donors (Lipinski definition) is 1. The molecule has 0 fully saturated rings. The van der Waals surface area contributed by atoms with Gasteiger partial charge in [0.1, 0.15) is 11.0 Å². The van der Waals surface area contributed by atoms with Gasteiger partial charge in [0.2, 0.25) is 0 Å². The average Bonchev–Trinajstić information content (AvgIpc) is 2.74. The Bertz CT molecular complexity index is 793. The predicted octanol–water partition coefficient (Wildman–Crippen LogP) is 2.92. The van der Waals surface area contributed by atoms with E-state index in [4.69, 9.17) is 10.5 Å². The van der Waals surface area contributed by atoms with E-state index in [1.807, 2.05) is 55.8 Å². The van der Waals surface area contributed by atoms with Crippen LogP contribution in [-0.2, 0) is 7.05 Å². The quantitative estimate of drug-likeness (QED) is 0.802. The Morgan fingerprint density at radius 1 is 1.19 bits per heavy atom. The van der Waals surface area contributed by atoms with E-state index >= 15 is 0 Å². The van der Waals surface area contributed by atoms with Crippen molar-refractivity contribution in [2.75, 3.05) is 12.3 Å². The van der Waals surface area contributed by atoms with Crippen molar-refractivity contribution in [3.8, 4) is 17.3 Å². The van der Waals surface area contributed by atoms with Gasteiger partial charge < -0.3 is 15.0 Å². The summed E-state index contributed by atoms with van der Waals surface area (Å²) < 4.78 is 7.61. The number of nitrogen functional groups attached to an aromatic ring is 1. The van der Waals surface area contributed by atoms with Gasteiger partial charge in [-0.15, -0.1) is 0 Å². The molecule has 1 aromatic carbocycles. The molecule has 5 heteroatoms. The van der Waals surface area contributed by atoms with Crippen LogP contribution in [0.25, 0.3) is 22.4 Å². The number of aromatic nitrogens is 3. The summed E-state index contributed by atoms with van der Waals surface area (Å²) in [5, 5.41) is 0. The van der Waals surface area contributed by atoms with E-state index in [1.165, 1.54) is 0 Å². The summed E-state index contributed by atoms with van der Waals surface area (Å²) in [7, 11) is 1.92. The standard InChI is InChI=1S/C16H18N4O/c1-4-21-16-10(2)12-13(20(16)3)14(17)19-15(18-12)11-8-6-5-7-9-11/h5-9H,4H2,1-3H3,(H2,17,18,19). The lowest BCUT2D eigenvalue weighted by molar-refractivity contribution is 0.315. The fourth-order valence-electron chi connectivity index (χ4n) is 2.58. The monoisotopic (exact) mass is 282 g/mol. The maximum Gasteiger partial charge on any atom is 0.199 e. The zero-order chi connectivity index (χ0) is 15.0. The van der Waals surface area contributed by atoms with Crippen LogP contribution in [0.15, 0.2) is 30.3 Å². The van der Waals surface area contributed by atoms with E-state index in [-0.39, 0.29) is 0 Å². The van der Waals surface area contributed by atoms with E-state index in [2.05, 4.69) is 9.97 Å². The number of rotatable bonds is 3. The SMILES string of the molecule is CCOc1c(C)c2nc(-c3ccccc3)nc(N)c2n1C. The summed E-state index contributed by atoms with van der Waals surface area (Å²) in [4.78, 5) is 9.11. The minimum absolute atomic E-state index is 0.468.